The van der Waals surface area contributed by atoms with Crippen molar-refractivity contribution in [2.24, 2.45) is 11.7 Å². The summed E-state index contributed by atoms with van der Waals surface area (Å²) in [5.41, 5.74) is 8.07. The van der Waals surface area contributed by atoms with Crippen LogP contribution >= 0.6 is 0 Å². The van der Waals surface area contributed by atoms with Crippen LogP contribution in [0.15, 0.2) is 24.3 Å². The number of carbonyl (C=O) groups is 1. The summed E-state index contributed by atoms with van der Waals surface area (Å²) in [6, 6.07) is 8.98. The van der Waals surface area contributed by atoms with Gasteiger partial charge in [-0.15, -0.1) is 0 Å². The molecule has 1 fully saturated rings. The van der Waals surface area contributed by atoms with Crippen molar-refractivity contribution in [1.29, 1.82) is 0 Å². The lowest BCUT2D eigenvalue weighted by atomic mass is 10.0. The number of hydrogen-bond donors (Lipinski definition) is 1. The Morgan fingerprint density at radius 3 is 2.52 bits per heavy atom. The van der Waals surface area contributed by atoms with E-state index in [1.54, 1.807) is 0 Å². The molecular formula is C18H28N2O. The van der Waals surface area contributed by atoms with Crippen molar-refractivity contribution in [2.75, 3.05) is 6.54 Å². The Morgan fingerprint density at radius 1 is 1.29 bits per heavy atom. The van der Waals surface area contributed by atoms with Gasteiger partial charge in [-0.25, -0.2) is 0 Å². The number of hydrogen-bond acceptors (Lipinski definition) is 2. The zero-order chi connectivity index (χ0) is 15.2. The molecule has 0 heterocycles. The van der Waals surface area contributed by atoms with E-state index >= 15 is 0 Å². The summed E-state index contributed by atoms with van der Waals surface area (Å²) >= 11 is 0. The zero-order valence-corrected chi connectivity index (χ0v) is 13.3. The third kappa shape index (κ3) is 5.16. The SMILES string of the molecule is Cc1ccc(CN(C(=O)CCC(C)CCN)C2CC2)cc1. The predicted octanol–water partition coefficient (Wildman–Crippen LogP) is 3.25. The molecule has 3 heteroatoms. The van der Waals surface area contributed by atoms with E-state index in [4.69, 9.17) is 5.73 Å². The van der Waals surface area contributed by atoms with E-state index in [1.165, 1.54) is 11.1 Å². The van der Waals surface area contributed by atoms with Gasteiger partial charge in [0.25, 0.3) is 0 Å². The molecule has 2 N–H and O–H groups in total. The number of nitrogens with zero attached hydrogens (tertiary/aromatic N) is 1. The fourth-order valence-corrected chi connectivity index (χ4v) is 2.64. The number of nitrogens with two attached hydrogens (primary N) is 1. The van der Waals surface area contributed by atoms with Crippen LogP contribution in [0.5, 0.6) is 0 Å². The van der Waals surface area contributed by atoms with Crippen LogP contribution in [-0.4, -0.2) is 23.4 Å². The molecule has 0 aliphatic heterocycles. The third-order valence-electron chi connectivity index (χ3n) is 4.29. The maximum atomic E-state index is 12.5. The van der Waals surface area contributed by atoms with E-state index in [9.17, 15) is 4.79 Å². The van der Waals surface area contributed by atoms with E-state index in [0.29, 0.717) is 30.8 Å². The van der Waals surface area contributed by atoms with Crippen molar-refractivity contribution < 1.29 is 4.79 Å². The molecule has 2 rings (SSSR count). The van der Waals surface area contributed by atoms with Gasteiger partial charge in [-0.1, -0.05) is 36.8 Å². The first-order chi connectivity index (χ1) is 10.1. The molecule has 116 valence electrons. The molecule has 0 radical (unpaired) electrons. The summed E-state index contributed by atoms with van der Waals surface area (Å²) in [7, 11) is 0. The van der Waals surface area contributed by atoms with Crippen molar-refractivity contribution in [2.45, 2.75) is 58.5 Å². The minimum absolute atomic E-state index is 0.307. The highest BCUT2D eigenvalue weighted by molar-refractivity contribution is 5.76. The van der Waals surface area contributed by atoms with Crippen molar-refractivity contribution in [3.8, 4) is 0 Å². The second kappa shape index (κ2) is 7.60. The van der Waals surface area contributed by atoms with Crippen LogP contribution in [0.1, 0.15) is 50.2 Å². The van der Waals surface area contributed by atoms with Crippen molar-refractivity contribution in [1.82, 2.24) is 4.90 Å². The molecule has 1 unspecified atom stereocenters. The smallest absolute Gasteiger partial charge is 0.223 e. The summed E-state index contributed by atoms with van der Waals surface area (Å²) in [5.74, 6) is 0.848. The topological polar surface area (TPSA) is 46.3 Å². The molecule has 0 aromatic heterocycles. The molecule has 0 spiro atoms. The van der Waals surface area contributed by atoms with Gasteiger partial charge < -0.3 is 10.6 Å². The molecule has 1 aliphatic carbocycles. The standard InChI is InChI=1S/C18H28N2O/c1-14-3-6-16(7-4-14)13-20(17-8-9-17)18(21)10-5-15(2)11-12-19/h3-4,6-7,15,17H,5,8-13,19H2,1-2H3. The molecule has 21 heavy (non-hydrogen) atoms. The van der Waals surface area contributed by atoms with E-state index in [-0.39, 0.29) is 0 Å². The number of aryl methyl sites for hydroxylation is 1. The van der Waals surface area contributed by atoms with Gasteiger partial charge in [-0.05, 0) is 50.6 Å². The van der Waals surface area contributed by atoms with Gasteiger partial charge in [-0.2, -0.15) is 0 Å². The van der Waals surface area contributed by atoms with Crippen molar-refractivity contribution in [3.63, 3.8) is 0 Å². The van der Waals surface area contributed by atoms with Crippen LogP contribution in [-0.2, 0) is 11.3 Å². The van der Waals surface area contributed by atoms with E-state index in [1.807, 2.05) is 0 Å². The van der Waals surface area contributed by atoms with Gasteiger partial charge in [0.1, 0.15) is 0 Å². The van der Waals surface area contributed by atoms with Crippen molar-refractivity contribution >= 4 is 5.91 Å². The number of carbonyl (C=O) groups excluding carboxylic acids is 1. The predicted molar refractivity (Wildman–Crippen MR) is 86.8 cm³/mol. The summed E-state index contributed by atoms with van der Waals surface area (Å²) in [6.07, 6.45) is 4.94. The van der Waals surface area contributed by atoms with Crippen LogP contribution in [0.2, 0.25) is 0 Å². The number of amides is 1. The van der Waals surface area contributed by atoms with Gasteiger partial charge in [0.05, 0.1) is 0 Å². The fourth-order valence-electron chi connectivity index (χ4n) is 2.64. The Balaban J connectivity index is 1.89. The molecule has 3 nitrogen and oxygen atoms in total. The minimum Gasteiger partial charge on any atom is -0.335 e. The average molecular weight is 288 g/mol. The highest BCUT2D eigenvalue weighted by Crippen LogP contribution is 2.29. The van der Waals surface area contributed by atoms with Gasteiger partial charge in [0, 0.05) is 19.0 Å². The van der Waals surface area contributed by atoms with Gasteiger partial charge in [0.15, 0.2) is 0 Å². The Labute approximate surface area is 128 Å². The van der Waals surface area contributed by atoms with Gasteiger partial charge in [-0.3, -0.25) is 4.79 Å². The second-order valence-corrected chi connectivity index (χ2v) is 6.46. The monoisotopic (exact) mass is 288 g/mol. The molecule has 1 atom stereocenters. The fraction of sp³-hybridized carbons (Fsp3) is 0.611. The van der Waals surface area contributed by atoms with Gasteiger partial charge in [0.2, 0.25) is 5.91 Å². The summed E-state index contributed by atoms with van der Waals surface area (Å²) < 4.78 is 0. The molecule has 1 aliphatic rings. The van der Waals surface area contributed by atoms with Crippen molar-refractivity contribution in [3.05, 3.63) is 35.4 Å². The molecule has 1 amide bonds. The Kier molecular flexibility index (Phi) is 5.80. The zero-order valence-electron chi connectivity index (χ0n) is 13.3. The number of rotatable bonds is 8. The van der Waals surface area contributed by atoms with Crippen LogP contribution in [0.4, 0.5) is 0 Å². The van der Waals surface area contributed by atoms with E-state index < -0.39 is 0 Å². The molecule has 1 aromatic rings. The normalized spacial score (nSPS) is 15.8. The Morgan fingerprint density at radius 2 is 1.95 bits per heavy atom. The molecule has 1 aromatic carbocycles. The first-order valence-corrected chi connectivity index (χ1v) is 8.15. The maximum Gasteiger partial charge on any atom is 0.223 e. The summed E-state index contributed by atoms with van der Waals surface area (Å²) in [4.78, 5) is 14.6. The third-order valence-corrected chi connectivity index (χ3v) is 4.29. The molecule has 1 saturated carbocycles. The van der Waals surface area contributed by atoms with Crippen LogP contribution in [0.3, 0.4) is 0 Å². The van der Waals surface area contributed by atoms with Crippen LogP contribution in [0, 0.1) is 12.8 Å². The molecule has 0 saturated heterocycles. The maximum absolute atomic E-state index is 12.5. The van der Waals surface area contributed by atoms with Crippen LogP contribution < -0.4 is 5.73 Å². The second-order valence-electron chi connectivity index (χ2n) is 6.46. The lowest BCUT2D eigenvalue weighted by Gasteiger charge is -2.23. The lowest BCUT2D eigenvalue weighted by molar-refractivity contribution is -0.132. The largest absolute Gasteiger partial charge is 0.335 e. The Hall–Kier alpha value is -1.35. The summed E-state index contributed by atoms with van der Waals surface area (Å²) in [5, 5.41) is 0. The average Bonchev–Trinajstić information content (AvgIpc) is 3.29. The molecular weight excluding hydrogens is 260 g/mol. The highest BCUT2D eigenvalue weighted by Gasteiger charge is 2.32. The highest BCUT2D eigenvalue weighted by atomic mass is 16.2. The molecule has 0 bridgehead atoms. The van der Waals surface area contributed by atoms with E-state index in [0.717, 1.165) is 32.2 Å². The minimum atomic E-state index is 0.307. The summed E-state index contributed by atoms with van der Waals surface area (Å²) in [6.45, 7) is 5.74. The Bertz CT molecular complexity index is 451. The quantitative estimate of drug-likeness (QED) is 0.798. The lowest BCUT2D eigenvalue weighted by Crippen LogP contribution is -2.32. The number of benzene rings is 1. The first kappa shape index (κ1) is 16.0. The van der Waals surface area contributed by atoms with E-state index in [2.05, 4.69) is 43.0 Å². The first-order valence-electron chi connectivity index (χ1n) is 8.15. The van der Waals surface area contributed by atoms with Gasteiger partial charge >= 0.3 is 0 Å². The van der Waals surface area contributed by atoms with Crippen LogP contribution in [0.25, 0.3) is 0 Å².